The van der Waals surface area contributed by atoms with Crippen LogP contribution in [-0.4, -0.2) is 9.85 Å². The van der Waals surface area contributed by atoms with Crippen molar-refractivity contribution in [3.8, 4) is 22.6 Å². The Morgan fingerprint density at radius 1 is 0.893 bits per heavy atom. The summed E-state index contributed by atoms with van der Waals surface area (Å²) in [6.07, 6.45) is 0. The highest BCUT2D eigenvalue weighted by Gasteiger charge is 2.33. The summed E-state index contributed by atoms with van der Waals surface area (Å²) < 4.78 is 5.52. The molecule has 0 aliphatic rings. The number of diazo groups is 1. The molecule has 3 aromatic rings. The molecule has 10 nitrogen and oxygen atoms in total. The van der Waals surface area contributed by atoms with E-state index in [-0.39, 0.29) is 39.7 Å². The number of nitro groups is 2. The molecule has 0 bridgehead atoms. The lowest BCUT2D eigenvalue weighted by Crippen LogP contribution is -2.00. The standard InChI is InChI=1S/C18H12N5O5/c19-12-6-2-1-5-11(12)17-13(21-20)9-10-16(18(17)23(26)27)28-15-8-4-3-7-14(15)22(24)25/h1-10H,19H2/q+1. The summed E-state index contributed by atoms with van der Waals surface area (Å²) in [5, 5.41) is 32.3. The van der Waals surface area contributed by atoms with Crippen LogP contribution >= 0.6 is 0 Å². The topological polar surface area (TPSA) is 150 Å². The van der Waals surface area contributed by atoms with Crippen molar-refractivity contribution >= 4 is 22.7 Å². The molecule has 28 heavy (non-hydrogen) atoms. The van der Waals surface area contributed by atoms with Gasteiger partial charge in [-0.1, -0.05) is 30.3 Å². The Balaban J connectivity index is 2.27. The van der Waals surface area contributed by atoms with E-state index < -0.39 is 15.5 Å². The van der Waals surface area contributed by atoms with Crippen molar-refractivity contribution in [2.75, 3.05) is 5.73 Å². The smallest absolute Gasteiger partial charge is 0.400 e. The normalized spacial score (nSPS) is 10.1. The molecule has 0 heterocycles. The first-order chi connectivity index (χ1) is 13.4. The van der Waals surface area contributed by atoms with E-state index in [1.165, 1.54) is 48.5 Å². The van der Waals surface area contributed by atoms with E-state index in [0.29, 0.717) is 0 Å². The quantitative estimate of drug-likeness (QED) is 0.283. The van der Waals surface area contributed by atoms with E-state index in [9.17, 15) is 25.6 Å². The summed E-state index contributed by atoms with van der Waals surface area (Å²) in [5.74, 6) is -0.429. The molecule has 0 unspecified atom stereocenters. The number of nitrogen functional groups attached to an aromatic ring is 1. The Hall–Kier alpha value is -4.52. The molecular weight excluding hydrogens is 366 g/mol. The summed E-state index contributed by atoms with van der Waals surface area (Å²) >= 11 is 0. The van der Waals surface area contributed by atoms with E-state index in [2.05, 4.69) is 4.98 Å². The summed E-state index contributed by atoms with van der Waals surface area (Å²) in [4.78, 5) is 24.7. The van der Waals surface area contributed by atoms with E-state index in [4.69, 9.17) is 10.5 Å². The van der Waals surface area contributed by atoms with E-state index in [1.807, 2.05) is 0 Å². The van der Waals surface area contributed by atoms with Crippen LogP contribution in [0.5, 0.6) is 11.5 Å². The molecule has 0 atom stereocenters. The average molecular weight is 378 g/mol. The van der Waals surface area contributed by atoms with Gasteiger partial charge in [0.2, 0.25) is 16.9 Å². The van der Waals surface area contributed by atoms with Crippen LogP contribution in [0, 0.1) is 25.6 Å². The second-order valence-corrected chi connectivity index (χ2v) is 5.58. The monoisotopic (exact) mass is 378 g/mol. The van der Waals surface area contributed by atoms with Crippen molar-refractivity contribution in [3.05, 3.63) is 85.9 Å². The van der Waals surface area contributed by atoms with Gasteiger partial charge in [-0.3, -0.25) is 20.2 Å². The van der Waals surface area contributed by atoms with Gasteiger partial charge in [0.15, 0.2) is 10.5 Å². The maximum Gasteiger partial charge on any atom is 0.400 e. The summed E-state index contributed by atoms with van der Waals surface area (Å²) in [6.45, 7) is 0. The summed E-state index contributed by atoms with van der Waals surface area (Å²) in [6, 6.07) is 14.3. The Morgan fingerprint density at radius 2 is 1.57 bits per heavy atom. The SMILES string of the molecule is N#[N+]c1ccc(Oc2ccccc2[N+](=O)[O-])c([N+](=O)[O-])c1-c1ccccc1N. The second kappa shape index (κ2) is 7.38. The first-order valence-corrected chi connectivity index (χ1v) is 7.86. The van der Waals surface area contributed by atoms with Gasteiger partial charge < -0.3 is 10.5 Å². The van der Waals surface area contributed by atoms with Crippen molar-refractivity contribution in [1.29, 1.82) is 5.39 Å². The highest BCUT2D eigenvalue weighted by atomic mass is 16.6. The highest BCUT2D eigenvalue weighted by molar-refractivity contribution is 5.93. The Labute approximate surface area is 157 Å². The number of para-hydroxylation sites is 3. The van der Waals surface area contributed by atoms with E-state index in [0.717, 1.165) is 0 Å². The molecule has 3 rings (SSSR count). The fourth-order valence-electron chi connectivity index (χ4n) is 2.71. The number of hydrogen-bond donors (Lipinski definition) is 1. The van der Waals surface area contributed by atoms with Crippen LogP contribution in [0.1, 0.15) is 0 Å². The molecule has 0 aliphatic carbocycles. The first kappa shape index (κ1) is 18.3. The van der Waals surface area contributed by atoms with Gasteiger partial charge in [-0.2, -0.15) is 0 Å². The lowest BCUT2D eigenvalue weighted by Gasteiger charge is -2.10. The molecule has 138 valence electrons. The molecule has 0 fully saturated rings. The molecule has 0 saturated carbocycles. The zero-order valence-electron chi connectivity index (χ0n) is 14.2. The van der Waals surface area contributed by atoms with E-state index >= 15 is 0 Å². The molecule has 0 aliphatic heterocycles. The number of nitro benzene ring substituents is 2. The maximum absolute atomic E-state index is 11.8. The maximum atomic E-state index is 11.8. The first-order valence-electron chi connectivity index (χ1n) is 7.86. The number of hydrogen-bond acceptors (Lipinski definition) is 7. The summed E-state index contributed by atoms with van der Waals surface area (Å²) in [5.41, 5.74) is 5.36. The molecule has 2 N–H and O–H groups in total. The zero-order valence-corrected chi connectivity index (χ0v) is 14.2. The number of anilines is 1. The minimum absolute atomic E-state index is 0.0679. The van der Waals surface area contributed by atoms with Crippen molar-refractivity contribution in [2.24, 2.45) is 0 Å². The fourth-order valence-corrected chi connectivity index (χ4v) is 2.71. The van der Waals surface area contributed by atoms with Crippen LogP contribution < -0.4 is 10.5 Å². The largest absolute Gasteiger partial charge is 0.443 e. The number of benzene rings is 3. The predicted molar refractivity (Wildman–Crippen MR) is 101 cm³/mol. The predicted octanol–water partition coefficient (Wildman–Crippen LogP) is 5.03. The van der Waals surface area contributed by atoms with Gasteiger partial charge >= 0.3 is 17.1 Å². The third-order valence-electron chi connectivity index (χ3n) is 3.92. The number of rotatable bonds is 5. The minimum atomic E-state index is -0.722. The fraction of sp³-hybridized carbons (Fsp3) is 0. The van der Waals surface area contributed by atoms with Gasteiger partial charge in [0.25, 0.3) is 0 Å². The van der Waals surface area contributed by atoms with Crippen LogP contribution in [0.15, 0.2) is 60.7 Å². The Kier molecular flexibility index (Phi) is 4.82. The van der Waals surface area contributed by atoms with Crippen LogP contribution in [0.25, 0.3) is 16.1 Å². The third kappa shape index (κ3) is 3.27. The van der Waals surface area contributed by atoms with Gasteiger partial charge in [0.1, 0.15) is 0 Å². The van der Waals surface area contributed by atoms with Crippen LogP contribution in [0.3, 0.4) is 0 Å². The Bertz CT molecular complexity index is 1140. The van der Waals surface area contributed by atoms with Gasteiger partial charge in [0.05, 0.1) is 9.85 Å². The number of nitrogens with zero attached hydrogens (tertiary/aromatic N) is 4. The highest BCUT2D eigenvalue weighted by Crippen LogP contribution is 2.47. The molecule has 10 heteroatoms. The Morgan fingerprint density at radius 3 is 2.21 bits per heavy atom. The average Bonchev–Trinajstić information content (AvgIpc) is 2.68. The number of nitrogens with two attached hydrogens (primary N) is 1. The lowest BCUT2D eigenvalue weighted by atomic mass is 9.99. The molecule has 0 saturated heterocycles. The molecule has 0 amide bonds. The molecule has 0 spiro atoms. The van der Waals surface area contributed by atoms with Gasteiger partial charge in [-0.15, -0.1) is 0 Å². The van der Waals surface area contributed by atoms with Crippen LogP contribution in [0.4, 0.5) is 22.7 Å². The molecular formula is C18H12N5O5+. The molecule has 0 radical (unpaired) electrons. The summed E-state index contributed by atoms with van der Waals surface area (Å²) in [7, 11) is 0. The van der Waals surface area contributed by atoms with Crippen molar-refractivity contribution in [1.82, 2.24) is 0 Å². The van der Waals surface area contributed by atoms with Crippen LogP contribution in [-0.2, 0) is 0 Å². The second-order valence-electron chi connectivity index (χ2n) is 5.58. The van der Waals surface area contributed by atoms with Crippen molar-refractivity contribution in [3.63, 3.8) is 0 Å². The zero-order chi connectivity index (χ0) is 20.3. The van der Waals surface area contributed by atoms with Gasteiger partial charge in [-0.25, -0.2) is 0 Å². The number of ether oxygens (including phenoxy) is 1. The van der Waals surface area contributed by atoms with Gasteiger partial charge in [0, 0.05) is 23.4 Å². The van der Waals surface area contributed by atoms with E-state index in [1.54, 1.807) is 12.1 Å². The molecule has 3 aromatic carbocycles. The lowest BCUT2D eigenvalue weighted by molar-refractivity contribution is -0.387. The van der Waals surface area contributed by atoms with Crippen LogP contribution in [0.2, 0.25) is 0 Å². The minimum Gasteiger partial charge on any atom is -0.443 e. The van der Waals surface area contributed by atoms with Crippen molar-refractivity contribution in [2.45, 2.75) is 0 Å². The molecule has 0 aromatic heterocycles. The van der Waals surface area contributed by atoms with Crippen molar-refractivity contribution < 1.29 is 14.6 Å². The third-order valence-corrected chi connectivity index (χ3v) is 3.92. The van der Waals surface area contributed by atoms with Gasteiger partial charge in [-0.05, 0) is 18.2 Å².